The molecule has 0 unspecified atom stereocenters. The number of anilines is 1. The molecule has 2 aliphatic rings. The zero-order valence-corrected chi connectivity index (χ0v) is 18.4. The van der Waals surface area contributed by atoms with Crippen LogP contribution in [0.1, 0.15) is 12.8 Å². The first-order valence-electron chi connectivity index (χ1n) is 10.1. The second kappa shape index (κ2) is 7.94. The highest BCUT2D eigenvalue weighted by Crippen LogP contribution is 2.39. The molecule has 1 aromatic heterocycles. The van der Waals surface area contributed by atoms with Crippen LogP contribution in [-0.4, -0.2) is 46.9 Å². The Bertz CT molecular complexity index is 1270. The summed E-state index contributed by atoms with van der Waals surface area (Å²) in [5, 5.41) is 2.97. The minimum absolute atomic E-state index is 0.0489. The van der Waals surface area contributed by atoms with E-state index in [-0.39, 0.29) is 27.7 Å². The van der Waals surface area contributed by atoms with Gasteiger partial charge in [-0.3, -0.25) is 0 Å². The van der Waals surface area contributed by atoms with Crippen LogP contribution >= 0.6 is 0 Å². The topological polar surface area (TPSA) is 109 Å². The summed E-state index contributed by atoms with van der Waals surface area (Å²) in [7, 11) is -0.933. The van der Waals surface area contributed by atoms with E-state index >= 15 is 0 Å². The van der Waals surface area contributed by atoms with Crippen molar-refractivity contribution in [2.24, 2.45) is 0 Å². The molecule has 1 aliphatic heterocycles. The highest BCUT2D eigenvalue weighted by Gasteiger charge is 2.33. The highest BCUT2D eigenvalue weighted by molar-refractivity contribution is 7.91. The summed E-state index contributed by atoms with van der Waals surface area (Å²) in [6.07, 6.45) is 1.88. The minimum atomic E-state index is -4.00. The molecule has 2 heterocycles. The van der Waals surface area contributed by atoms with Crippen LogP contribution in [0.3, 0.4) is 0 Å². The number of ether oxygens (including phenoxy) is 4. The molecule has 1 saturated carbocycles. The monoisotopic (exact) mass is 458 g/mol. The number of nitrogens with zero attached hydrogens (tertiary/aromatic N) is 1. The third kappa shape index (κ3) is 3.70. The Morgan fingerprint density at radius 2 is 1.72 bits per heavy atom. The van der Waals surface area contributed by atoms with Crippen molar-refractivity contribution in [2.75, 3.05) is 32.8 Å². The van der Waals surface area contributed by atoms with Crippen molar-refractivity contribution >= 4 is 15.7 Å². The highest BCUT2D eigenvalue weighted by atomic mass is 32.2. The standard InChI is InChI=1S/C22H22N2O7S/c1-27-16-7-3-13(11-18(16)28-2)20-24-22(21(31-20)23-14-4-5-14)32(25,26)15-6-8-17-19(12-15)30-10-9-29-17/h3,6-8,11-12,14,23H,4-5,9-10H2,1-2H3. The van der Waals surface area contributed by atoms with Crippen molar-refractivity contribution in [3.63, 3.8) is 0 Å². The van der Waals surface area contributed by atoms with Gasteiger partial charge < -0.3 is 28.7 Å². The Morgan fingerprint density at radius 3 is 2.44 bits per heavy atom. The molecule has 2 aromatic carbocycles. The number of fused-ring (bicyclic) bond motifs is 1. The smallest absolute Gasteiger partial charge is 0.234 e. The Labute approximate surface area is 185 Å². The number of methoxy groups -OCH3 is 2. The first kappa shape index (κ1) is 20.5. The van der Waals surface area contributed by atoms with E-state index in [1.807, 2.05) is 0 Å². The van der Waals surface area contributed by atoms with Crippen LogP contribution < -0.4 is 24.3 Å². The summed E-state index contributed by atoms with van der Waals surface area (Å²) in [6.45, 7) is 0.783. The molecule has 0 atom stereocenters. The van der Waals surface area contributed by atoms with Gasteiger partial charge in [-0.1, -0.05) is 0 Å². The molecule has 3 aromatic rings. The molecule has 1 N–H and O–H groups in total. The number of benzene rings is 2. The second-order valence-electron chi connectivity index (χ2n) is 7.45. The van der Waals surface area contributed by atoms with Gasteiger partial charge in [0.1, 0.15) is 13.2 Å². The Hall–Kier alpha value is -3.40. The van der Waals surface area contributed by atoms with Crippen molar-refractivity contribution in [3.05, 3.63) is 36.4 Å². The number of sulfone groups is 1. The number of nitrogens with one attached hydrogen (secondary N) is 1. The third-order valence-electron chi connectivity index (χ3n) is 5.22. The van der Waals surface area contributed by atoms with Crippen molar-refractivity contribution < 1.29 is 31.8 Å². The zero-order valence-electron chi connectivity index (χ0n) is 17.6. The lowest BCUT2D eigenvalue weighted by Crippen LogP contribution is -2.16. The molecular weight excluding hydrogens is 436 g/mol. The Kier molecular flexibility index (Phi) is 5.09. The summed E-state index contributed by atoms with van der Waals surface area (Å²) < 4.78 is 54.6. The molecule has 10 heteroatoms. The number of hydrogen-bond donors (Lipinski definition) is 1. The van der Waals surface area contributed by atoms with Crippen LogP contribution in [0.5, 0.6) is 23.0 Å². The number of hydrogen-bond acceptors (Lipinski definition) is 9. The lowest BCUT2D eigenvalue weighted by Gasteiger charge is -2.18. The number of rotatable bonds is 7. The predicted molar refractivity (Wildman–Crippen MR) is 115 cm³/mol. The van der Waals surface area contributed by atoms with Gasteiger partial charge in [0.2, 0.25) is 26.6 Å². The van der Waals surface area contributed by atoms with Crippen molar-refractivity contribution in [1.82, 2.24) is 4.98 Å². The SMILES string of the molecule is COc1ccc(-c2nc(S(=O)(=O)c3ccc4c(c3)OCCO4)c(NC3CC3)o2)cc1OC. The largest absolute Gasteiger partial charge is 0.493 e. The van der Waals surface area contributed by atoms with Crippen LogP contribution in [0.15, 0.2) is 50.7 Å². The van der Waals surface area contributed by atoms with Crippen LogP contribution in [0.4, 0.5) is 5.88 Å². The van der Waals surface area contributed by atoms with E-state index in [9.17, 15) is 8.42 Å². The van der Waals surface area contributed by atoms with Crippen LogP contribution in [0, 0.1) is 0 Å². The quantitative estimate of drug-likeness (QED) is 0.568. The van der Waals surface area contributed by atoms with E-state index in [4.69, 9.17) is 23.4 Å². The average molecular weight is 458 g/mol. The molecule has 0 bridgehead atoms. The van der Waals surface area contributed by atoms with Crippen LogP contribution in [0.25, 0.3) is 11.5 Å². The van der Waals surface area contributed by atoms with E-state index in [1.54, 1.807) is 31.4 Å². The van der Waals surface area contributed by atoms with E-state index in [2.05, 4.69) is 10.3 Å². The summed E-state index contributed by atoms with van der Waals surface area (Å²) >= 11 is 0. The predicted octanol–water partition coefficient (Wildman–Crippen LogP) is 3.54. The molecule has 0 saturated heterocycles. The molecule has 0 amide bonds. The third-order valence-corrected chi connectivity index (χ3v) is 6.88. The molecule has 32 heavy (non-hydrogen) atoms. The number of oxazole rings is 1. The van der Waals surface area contributed by atoms with Crippen LogP contribution in [0.2, 0.25) is 0 Å². The van der Waals surface area contributed by atoms with E-state index in [1.165, 1.54) is 19.2 Å². The van der Waals surface area contributed by atoms with Gasteiger partial charge in [-0.25, -0.2) is 8.42 Å². The van der Waals surface area contributed by atoms with Gasteiger partial charge in [0.25, 0.3) is 0 Å². The van der Waals surface area contributed by atoms with Gasteiger partial charge >= 0.3 is 0 Å². The summed E-state index contributed by atoms with van der Waals surface area (Å²) in [5.74, 6) is 2.20. The summed E-state index contributed by atoms with van der Waals surface area (Å²) in [4.78, 5) is 4.42. The molecule has 0 radical (unpaired) electrons. The zero-order chi connectivity index (χ0) is 22.3. The molecule has 5 rings (SSSR count). The summed E-state index contributed by atoms with van der Waals surface area (Å²) in [6, 6.07) is 9.81. The van der Waals surface area contributed by atoms with Gasteiger partial charge in [-0.2, -0.15) is 4.98 Å². The average Bonchev–Trinajstić information content (AvgIpc) is 3.53. The van der Waals surface area contributed by atoms with E-state index in [0.29, 0.717) is 41.8 Å². The lowest BCUT2D eigenvalue weighted by molar-refractivity contribution is 0.171. The first-order chi connectivity index (χ1) is 15.5. The van der Waals surface area contributed by atoms with Crippen LogP contribution in [-0.2, 0) is 9.84 Å². The first-order valence-corrected chi connectivity index (χ1v) is 11.6. The maximum absolute atomic E-state index is 13.5. The maximum atomic E-state index is 13.5. The van der Waals surface area contributed by atoms with E-state index in [0.717, 1.165) is 12.8 Å². The molecule has 0 spiro atoms. The van der Waals surface area contributed by atoms with E-state index < -0.39 is 9.84 Å². The fourth-order valence-electron chi connectivity index (χ4n) is 3.39. The fourth-order valence-corrected chi connectivity index (χ4v) is 4.67. The molecule has 9 nitrogen and oxygen atoms in total. The lowest BCUT2D eigenvalue weighted by atomic mass is 10.2. The fraction of sp³-hybridized carbons (Fsp3) is 0.318. The van der Waals surface area contributed by atoms with Crippen molar-refractivity contribution in [3.8, 4) is 34.5 Å². The maximum Gasteiger partial charge on any atom is 0.234 e. The Balaban J connectivity index is 1.58. The van der Waals surface area contributed by atoms with Gasteiger partial charge in [-0.05, 0) is 43.2 Å². The Morgan fingerprint density at radius 1 is 0.969 bits per heavy atom. The van der Waals surface area contributed by atoms with Gasteiger partial charge in [-0.15, -0.1) is 0 Å². The second-order valence-corrected chi connectivity index (χ2v) is 9.32. The van der Waals surface area contributed by atoms with Crippen molar-refractivity contribution in [1.29, 1.82) is 0 Å². The molecule has 1 fully saturated rings. The molecule has 1 aliphatic carbocycles. The normalized spacial score (nSPS) is 15.3. The molecular formula is C22H22N2O7S. The minimum Gasteiger partial charge on any atom is -0.493 e. The molecule has 168 valence electrons. The van der Waals surface area contributed by atoms with Gasteiger partial charge in [0, 0.05) is 17.7 Å². The van der Waals surface area contributed by atoms with Gasteiger partial charge in [0.05, 0.1) is 19.1 Å². The number of aromatic nitrogens is 1. The van der Waals surface area contributed by atoms with Gasteiger partial charge in [0.15, 0.2) is 23.0 Å². The van der Waals surface area contributed by atoms with Crippen molar-refractivity contribution in [2.45, 2.75) is 28.8 Å². The summed E-state index contributed by atoms with van der Waals surface area (Å²) in [5.41, 5.74) is 0.560.